The third-order valence-electron chi connectivity index (χ3n) is 4.14. The fraction of sp³-hybridized carbons (Fsp3) is 0.211. The molecule has 136 valence electrons. The Kier molecular flexibility index (Phi) is 4.62. The molecule has 0 amide bonds. The first kappa shape index (κ1) is 17.5. The minimum atomic E-state index is -0.295. The number of ketones is 1. The highest BCUT2D eigenvalue weighted by molar-refractivity contribution is 6.18. The number of phenols is 1. The third-order valence-corrected chi connectivity index (χ3v) is 4.14. The van der Waals surface area contributed by atoms with Crippen molar-refractivity contribution in [2.75, 3.05) is 28.4 Å². The van der Waals surface area contributed by atoms with Crippen molar-refractivity contribution in [2.45, 2.75) is 0 Å². The first-order valence-electron chi connectivity index (χ1n) is 7.76. The lowest BCUT2D eigenvalue weighted by atomic mass is 10.0. The van der Waals surface area contributed by atoms with Crippen LogP contribution in [-0.4, -0.2) is 44.3 Å². The Balaban J connectivity index is 2.14. The van der Waals surface area contributed by atoms with Crippen LogP contribution in [0.5, 0.6) is 28.7 Å². The number of benzene rings is 2. The van der Waals surface area contributed by atoms with Crippen molar-refractivity contribution in [1.82, 2.24) is 4.98 Å². The van der Waals surface area contributed by atoms with E-state index in [-0.39, 0.29) is 11.5 Å². The van der Waals surface area contributed by atoms with E-state index in [4.69, 9.17) is 18.9 Å². The molecular formula is C19H19NO6. The van der Waals surface area contributed by atoms with E-state index in [0.29, 0.717) is 45.0 Å². The predicted molar refractivity (Wildman–Crippen MR) is 96.0 cm³/mol. The van der Waals surface area contributed by atoms with E-state index < -0.39 is 0 Å². The van der Waals surface area contributed by atoms with Crippen molar-refractivity contribution in [2.24, 2.45) is 0 Å². The van der Waals surface area contributed by atoms with Crippen molar-refractivity contribution >= 4 is 16.7 Å². The van der Waals surface area contributed by atoms with Crippen molar-refractivity contribution in [3.05, 3.63) is 41.6 Å². The first-order valence-corrected chi connectivity index (χ1v) is 7.76. The van der Waals surface area contributed by atoms with Gasteiger partial charge in [-0.2, -0.15) is 0 Å². The summed E-state index contributed by atoms with van der Waals surface area (Å²) in [5.74, 6) is 1.30. The number of phenolic OH excluding ortho intramolecular Hbond substituents is 1. The summed E-state index contributed by atoms with van der Waals surface area (Å²) in [5.41, 5.74) is 1.27. The number of methoxy groups -OCH3 is 4. The lowest BCUT2D eigenvalue weighted by Gasteiger charge is -2.13. The van der Waals surface area contributed by atoms with Gasteiger partial charge in [0.15, 0.2) is 17.3 Å². The van der Waals surface area contributed by atoms with Gasteiger partial charge >= 0.3 is 0 Å². The van der Waals surface area contributed by atoms with Crippen LogP contribution < -0.4 is 18.9 Å². The van der Waals surface area contributed by atoms with Gasteiger partial charge in [0.25, 0.3) is 0 Å². The average molecular weight is 357 g/mol. The van der Waals surface area contributed by atoms with Gasteiger partial charge in [-0.25, -0.2) is 0 Å². The van der Waals surface area contributed by atoms with Crippen LogP contribution in [0.2, 0.25) is 0 Å². The Morgan fingerprint density at radius 2 is 1.58 bits per heavy atom. The zero-order valence-corrected chi connectivity index (χ0v) is 14.9. The quantitative estimate of drug-likeness (QED) is 0.659. The molecule has 1 aromatic heterocycles. The third kappa shape index (κ3) is 2.77. The number of nitrogens with one attached hydrogen (secondary N) is 1. The Hall–Kier alpha value is -3.35. The van der Waals surface area contributed by atoms with E-state index in [1.807, 2.05) is 0 Å². The highest BCUT2D eigenvalue weighted by atomic mass is 16.5. The topological polar surface area (TPSA) is 90.0 Å². The van der Waals surface area contributed by atoms with Gasteiger partial charge in [0, 0.05) is 23.9 Å². The maximum atomic E-state index is 13.0. The second-order valence-corrected chi connectivity index (χ2v) is 5.51. The van der Waals surface area contributed by atoms with Crippen LogP contribution in [0.25, 0.3) is 10.9 Å². The highest BCUT2D eigenvalue weighted by Gasteiger charge is 2.22. The largest absolute Gasteiger partial charge is 0.507 e. The van der Waals surface area contributed by atoms with Crippen LogP contribution in [0, 0.1) is 0 Å². The normalized spacial score (nSPS) is 10.6. The molecule has 0 aliphatic rings. The number of carbonyl (C=O) groups excluding carboxylic acids is 1. The Morgan fingerprint density at radius 1 is 0.923 bits per heavy atom. The minimum absolute atomic E-state index is 0.0450. The summed E-state index contributed by atoms with van der Waals surface area (Å²) in [6.45, 7) is 0. The number of aromatic hydroxyl groups is 1. The fourth-order valence-electron chi connectivity index (χ4n) is 2.88. The summed E-state index contributed by atoms with van der Waals surface area (Å²) in [6, 6.07) is 6.31. The van der Waals surface area contributed by atoms with Gasteiger partial charge in [-0.05, 0) is 12.1 Å². The molecule has 3 rings (SSSR count). The number of hydrogen-bond acceptors (Lipinski definition) is 6. The van der Waals surface area contributed by atoms with Crippen LogP contribution in [0.1, 0.15) is 15.9 Å². The number of carbonyl (C=O) groups is 1. The van der Waals surface area contributed by atoms with Crippen molar-refractivity contribution in [3.8, 4) is 28.7 Å². The molecule has 2 aromatic carbocycles. The zero-order valence-electron chi connectivity index (χ0n) is 14.9. The molecule has 0 unspecified atom stereocenters. The molecule has 3 aromatic rings. The molecule has 7 nitrogen and oxygen atoms in total. The van der Waals surface area contributed by atoms with Crippen molar-refractivity contribution in [3.63, 3.8) is 0 Å². The van der Waals surface area contributed by atoms with E-state index in [1.54, 1.807) is 24.4 Å². The van der Waals surface area contributed by atoms with Gasteiger partial charge in [0.2, 0.25) is 5.75 Å². The summed E-state index contributed by atoms with van der Waals surface area (Å²) in [4.78, 5) is 16.0. The summed E-state index contributed by atoms with van der Waals surface area (Å²) < 4.78 is 21.0. The van der Waals surface area contributed by atoms with Gasteiger partial charge in [0.05, 0.1) is 44.9 Å². The molecule has 2 N–H and O–H groups in total. The molecule has 0 saturated heterocycles. The molecule has 0 atom stereocenters. The first-order chi connectivity index (χ1) is 12.5. The minimum Gasteiger partial charge on any atom is -0.507 e. The van der Waals surface area contributed by atoms with E-state index >= 15 is 0 Å². The Morgan fingerprint density at radius 3 is 2.12 bits per heavy atom. The molecule has 1 heterocycles. The molecule has 0 spiro atoms. The Bertz CT molecular complexity index is 951. The average Bonchev–Trinajstić information content (AvgIpc) is 3.10. The zero-order chi connectivity index (χ0) is 18.8. The molecule has 7 heteroatoms. The van der Waals surface area contributed by atoms with Gasteiger partial charge in [-0.15, -0.1) is 0 Å². The number of aromatic nitrogens is 1. The fourth-order valence-corrected chi connectivity index (χ4v) is 2.88. The van der Waals surface area contributed by atoms with Crippen LogP contribution in [-0.2, 0) is 0 Å². The molecule has 26 heavy (non-hydrogen) atoms. The highest BCUT2D eigenvalue weighted by Crippen LogP contribution is 2.40. The summed E-state index contributed by atoms with van der Waals surface area (Å²) >= 11 is 0. The van der Waals surface area contributed by atoms with Crippen LogP contribution >= 0.6 is 0 Å². The van der Waals surface area contributed by atoms with Crippen molar-refractivity contribution < 1.29 is 28.8 Å². The predicted octanol–water partition coefficient (Wildman–Crippen LogP) is 3.14. The summed E-state index contributed by atoms with van der Waals surface area (Å²) in [6.07, 6.45) is 1.55. The maximum Gasteiger partial charge on any atom is 0.203 e. The van der Waals surface area contributed by atoms with Gasteiger partial charge in [-0.1, -0.05) is 0 Å². The van der Waals surface area contributed by atoms with Crippen molar-refractivity contribution in [1.29, 1.82) is 0 Å². The Labute approximate surface area is 150 Å². The maximum absolute atomic E-state index is 13.0. The van der Waals surface area contributed by atoms with Gasteiger partial charge in [-0.3, -0.25) is 4.79 Å². The summed E-state index contributed by atoms with van der Waals surface area (Å²) in [7, 11) is 5.96. The smallest absolute Gasteiger partial charge is 0.203 e. The number of aromatic amines is 1. The van der Waals surface area contributed by atoms with E-state index in [9.17, 15) is 9.90 Å². The molecule has 0 saturated carbocycles. The van der Waals surface area contributed by atoms with E-state index in [2.05, 4.69) is 4.98 Å². The molecule has 0 fully saturated rings. The van der Waals surface area contributed by atoms with Crippen LogP contribution in [0.15, 0.2) is 30.5 Å². The standard InChI is InChI=1S/C19H19NO6/c1-23-11-7-13-17(14(21)8-11)12(9-20-13)18(22)10-5-15(24-2)19(26-4)16(6-10)25-3/h5-9,20-21H,1-4H3. The van der Waals surface area contributed by atoms with Gasteiger partial charge < -0.3 is 29.0 Å². The molecule has 0 bridgehead atoms. The molecule has 0 aliphatic heterocycles. The number of H-pyrrole nitrogens is 1. The number of rotatable bonds is 6. The SMILES string of the molecule is COc1cc(O)c2c(C(=O)c3cc(OC)c(OC)c(OC)c3)c[nH]c2c1. The number of hydrogen-bond donors (Lipinski definition) is 2. The second-order valence-electron chi connectivity index (χ2n) is 5.51. The molecule has 0 aliphatic carbocycles. The molecular weight excluding hydrogens is 338 g/mol. The van der Waals surface area contributed by atoms with E-state index in [0.717, 1.165) is 0 Å². The lowest BCUT2D eigenvalue weighted by Crippen LogP contribution is -2.03. The lowest BCUT2D eigenvalue weighted by molar-refractivity contribution is 0.103. The van der Waals surface area contributed by atoms with Gasteiger partial charge in [0.1, 0.15) is 11.5 Å². The summed E-state index contributed by atoms with van der Waals surface area (Å²) in [5, 5.41) is 10.7. The number of fused-ring (bicyclic) bond motifs is 1. The monoisotopic (exact) mass is 357 g/mol. The molecule has 0 radical (unpaired) electrons. The van der Waals surface area contributed by atoms with Crippen LogP contribution in [0.3, 0.4) is 0 Å². The number of ether oxygens (including phenoxy) is 4. The van der Waals surface area contributed by atoms with Crippen LogP contribution in [0.4, 0.5) is 0 Å². The van der Waals surface area contributed by atoms with E-state index in [1.165, 1.54) is 34.5 Å². The second kappa shape index (κ2) is 6.87.